The molecule has 0 aliphatic rings. The summed E-state index contributed by atoms with van der Waals surface area (Å²) in [6, 6.07) is 4.17. The summed E-state index contributed by atoms with van der Waals surface area (Å²) < 4.78 is 51.5. The average molecular weight is 473 g/mol. The lowest BCUT2D eigenvalue weighted by molar-refractivity contribution is -0.0121. The van der Waals surface area contributed by atoms with Gasteiger partial charge in [0.1, 0.15) is 11.6 Å². The van der Waals surface area contributed by atoms with Crippen molar-refractivity contribution in [2.45, 2.75) is 38.7 Å². The van der Waals surface area contributed by atoms with Crippen molar-refractivity contribution in [2.24, 2.45) is 12.0 Å². The number of allylic oxidation sites excluding steroid dienone is 2. The van der Waals surface area contributed by atoms with Crippen molar-refractivity contribution in [3.05, 3.63) is 53.9 Å². The number of carbonyl (C=O) groups is 1. The molecular weight excluding hydrogens is 445 g/mol. The third-order valence-electron chi connectivity index (χ3n) is 5.44. The maximum atomic E-state index is 14.7. The Balaban J connectivity index is 2.26. The fourth-order valence-corrected chi connectivity index (χ4v) is 3.80. The van der Waals surface area contributed by atoms with Crippen molar-refractivity contribution in [3.8, 4) is 11.5 Å². The van der Waals surface area contributed by atoms with Crippen LogP contribution in [-0.2, 0) is 18.3 Å². The Morgan fingerprint density at radius 1 is 1.32 bits per heavy atom. The summed E-state index contributed by atoms with van der Waals surface area (Å²) in [6.45, 7) is 8.36. The molecule has 0 atom stereocenters. The summed E-state index contributed by atoms with van der Waals surface area (Å²) >= 11 is 0. The molecule has 2 aromatic heterocycles. The summed E-state index contributed by atoms with van der Waals surface area (Å²) in [6.07, 6.45) is 6.14. The molecule has 0 bridgehead atoms. The smallest absolute Gasteiger partial charge is 0.340 e. The Labute approximate surface area is 196 Å². The van der Waals surface area contributed by atoms with Gasteiger partial charge in [-0.2, -0.15) is 0 Å². The lowest BCUT2D eigenvalue weighted by Gasteiger charge is -2.18. The number of rotatable bonds is 10. The summed E-state index contributed by atoms with van der Waals surface area (Å²) in [4.78, 5) is 20.5. The van der Waals surface area contributed by atoms with Gasteiger partial charge in [-0.1, -0.05) is 31.6 Å². The van der Waals surface area contributed by atoms with Gasteiger partial charge < -0.3 is 13.9 Å². The molecule has 2 heterocycles. The largest absolute Gasteiger partial charge is 0.465 e. The van der Waals surface area contributed by atoms with Gasteiger partial charge in [-0.3, -0.25) is 0 Å². The molecule has 180 valence electrons. The van der Waals surface area contributed by atoms with Crippen LogP contribution in [0.4, 0.5) is 19.0 Å². The van der Waals surface area contributed by atoms with Crippen molar-refractivity contribution in [3.63, 3.8) is 0 Å². The van der Waals surface area contributed by atoms with Gasteiger partial charge in [0.15, 0.2) is 5.82 Å². The predicted octanol–water partition coefficient (Wildman–Crippen LogP) is 6.32. The number of hydrogen-bond donors (Lipinski definition) is 0. The van der Waals surface area contributed by atoms with Crippen LogP contribution in [0.25, 0.3) is 28.6 Å². The molecule has 34 heavy (non-hydrogen) atoms. The number of imidazole rings is 1. The molecule has 0 radical (unpaired) electrons. The number of alkyl halides is 2. The van der Waals surface area contributed by atoms with E-state index in [0.29, 0.717) is 28.1 Å². The van der Waals surface area contributed by atoms with Crippen LogP contribution in [0.3, 0.4) is 0 Å². The molecule has 9 heteroatoms. The zero-order valence-electron chi connectivity index (χ0n) is 19.4. The van der Waals surface area contributed by atoms with Gasteiger partial charge in [0.2, 0.25) is 0 Å². The van der Waals surface area contributed by atoms with Gasteiger partial charge >= 0.3 is 5.97 Å². The number of carbonyl (C=O) groups excluding carboxylic acids is 1. The number of halogens is 3. The number of esters is 1. The SMILES string of the molecule is C=CCC(F)(F)Cn1c(-c2nc3cc(C(=O)OC)c(F)cc3n2C)cc(/C=C\CCC)c1N=C. The van der Waals surface area contributed by atoms with E-state index in [2.05, 4.69) is 28.0 Å². The highest BCUT2D eigenvalue weighted by molar-refractivity contribution is 5.94. The third kappa shape index (κ3) is 4.83. The van der Waals surface area contributed by atoms with Crippen LogP contribution in [0.1, 0.15) is 42.1 Å². The van der Waals surface area contributed by atoms with Crippen molar-refractivity contribution < 1.29 is 22.7 Å². The number of nitrogens with zero attached hydrogens (tertiary/aromatic N) is 4. The Bertz CT molecular complexity index is 1270. The zero-order chi connectivity index (χ0) is 25.0. The van der Waals surface area contributed by atoms with E-state index < -0.39 is 30.7 Å². The first-order valence-electron chi connectivity index (χ1n) is 10.8. The van der Waals surface area contributed by atoms with Crippen LogP contribution in [0.15, 0.2) is 41.9 Å². The molecule has 3 rings (SSSR count). The quantitative estimate of drug-likeness (QED) is 0.197. The summed E-state index contributed by atoms with van der Waals surface area (Å²) in [5.41, 5.74) is 1.43. The maximum absolute atomic E-state index is 14.7. The van der Waals surface area contributed by atoms with Crippen molar-refractivity contribution in [1.82, 2.24) is 14.1 Å². The number of aryl methyl sites for hydroxylation is 1. The number of aromatic nitrogens is 3. The van der Waals surface area contributed by atoms with Gasteiger partial charge in [0.25, 0.3) is 5.92 Å². The zero-order valence-corrected chi connectivity index (χ0v) is 19.4. The van der Waals surface area contributed by atoms with Crippen molar-refractivity contribution in [1.29, 1.82) is 0 Å². The number of hydrogen-bond acceptors (Lipinski definition) is 4. The van der Waals surface area contributed by atoms with Gasteiger partial charge in [-0.15, -0.1) is 6.58 Å². The standard InChI is InChI=1S/C25H27F3N4O2/c1-6-8-9-10-16-12-21(32(22(16)29-3)15-25(27,28)11-7-2)23-30-19-13-17(24(33)34-5)18(26)14-20(19)31(23)4/h7,9-10,12-14H,2-3,6,8,11,15H2,1,4-5H3/b10-9-. The number of unbranched alkanes of at least 4 members (excludes halogenated alkanes) is 1. The van der Waals surface area contributed by atoms with Gasteiger partial charge in [0, 0.05) is 25.1 Å². The van der Waals surface area contributed by atoms with E-state index in [1.807, 2.05) is 19.1 Å². The van der Waals surface area contributed by atoms with E-state index in [0.717, 1.165) is 20.0 Å². The number of aliphatic imine (C=N–C) groups is 1. The molecule has 0 spiro atoms. The highest BCUT2D eigenvalue weighted by atomic mass is 19.3. The second kappa shape index (κ2) is 10.1. The summed E-state index contributed by atoms with van der Waals surface area (Å²) in [5.74, 6) is -4.10. The third-order valence-corrected chi connectivity index (χ3v) is 5.44. The van der Waals surface area contributed by atoms with Crippen LogP contribution in [0, 0.1) is 5.82 Å². The van der Waals surface area contributed by atoms with Gasteiger partial charge in [-0.25, -0.2) is 27.9 Å². The van der Waals surface area contributed by atoms with E-state index in [4.69, 9.17) is 0 Å². The minimum absolute atomic E-state index is 0.260. The fourth-order valence-electron chi connectivity index (χ4n) is 3.80. The lowest BCUT2D eigenvalue weighted by atomic mass is 10.2. The number of fused-ring (bicyclic) bond motifs is 1. The van der Waals surface area contributed by atoms with E-state index in [9.17, 15) is 18.0 Å². The normalized spacial score (nSPS) is 11.9. The molecule has 3 aromatic rings. The fraction of sp³-hybridized carbons (Fsp3) is 0.320. The van der Waals surface area contributed by atoms with Crippen LogP contribution in [-0.4, -0.2) is 39.8 Å². The van der Waals surface area contributed by atoms with E-state index in [1.165, 1.54) is 22.8 Å². The first-order chi connectivity index (χ1) is 16.2. The molecule has 0 saturated heterocycles. The summed E-state index contributed by atoms with van der Waals surface area (Å²) in [7, 11) is 2.80. The highest BCUT2D eigenvalue weighted by Gasteiger charge is 2.31. The molecule has 0 fully saturated rings. The number of methoxy groups -OCH3 is 1. The second-order valence-electron chi connectivity index (χ2n) is 7.90. The molecular formula is C25H27F3N4O2. The maximum Gasteiger partial charge on any atom is 0.340 e. The average Bonchev–Trinajstić information content (AvgIpc) is 3.29. The number of benzene rings is 1. The molecule has 0 amide bonds. The second-order valence-corrected chi connectivity index (χ2v) is 7.90. The molecule has 0 saturated carbocycles. The topological polar surface area (TPSA) is 61.4 Å². The van der Waals surface area contributed by atoms with Crippen LogP contribution < -0.4 is 0 Å². The minimum atomic E-state index is -3.09. The van der Waals surface area contributed by atoms with Crippen molar-refractivity contribution in [2.75, 3.05) is 7.11 Å². The van der Waals surface area contributed by atoms with Crippen LogP contribution in [0.5, 0.6) is 0 Å². The van der Waals surface area contributed by atoms with E-state index in [-0.39, 0.29) is 11.4 Å². The Kier molecular flexibility index (Phi) is 7.44. The minimum Gasteiger partial charge on any atom is -0.465 e. The van der Waals surface area contributed by atoms with E-state index >= 15 is 0 Å². The first kappa shape index (κ1) is 25.0. The van der Waals surface area contributed by atoms with Gasteiger partial charge in [-0.05, 0) is 25.3 Å². The molecule has 1 aromatic carbocycles. The first-order valence-corrected chi connectivity index (χ1v) is 10.8. The highest BCUT2D eigenvalue weighted by Crippen LogP contribution is 2.36. The Morgan fingerprint density at radius 2 is 2.06 bits per heavy atom. The predicted molar refractivity (Wildman–Crippen MR) is 128 cm³/mol. The van der Waals surface area contributed by atoms with Crippen LogP contribution >= 0.6 is 0 Å². The van der Waals surface area contributed by atoms with Crippen LogP contribution in [0.2, 0.25) is 0 Å². The molecule has 0 unspecified atom stereocenters. The van der Waals surface area contributed by atoms with Gasteiger partial charge in [0.05, 0.1) is 35.9 Å². The monoisotopic (exact) mass is 472 g/mol. The summed E-state index contributed by atoms with van der Waals surface area (Å²) in [5, 5.41) is 0. The van der Waals surface area contributed by atoms with E-state index in [1.54, 1.807) is 17.7 Å². The molecule has 0 aliphatic heterocycles. The Morgan fingerprint density at radius 3 is 2.68 bits per heavy atom. The molecule has 0 aliphatic carbocycles. The number of ether oxygens (including phenoxy) is 1. The molecule has 6 nitrogen and oxygen atoms in total. The molecule has 0 N–H and O–H groups in total. The lowest BCUT2D eigenvalue weighted by Crippen LogP contribution is -2.23. The Hall–Kier alpha value is -3.62. The van der Waals surface area contributed by atoms with Crippen molar-refractivity contribution >= 4 is 35.6 Å².